The molecule has 3 N–H and O–H groups in total. The van der Waals surface area contributed by atoms with Gasteiger partial charge in [-0.2, -0.15) is 0 Å². The summed E-state index contributed by atoms with van der Waals surface area (Å²) in [7, 11) is 1.20. The molecule has 3 atom stereocenters. The molecule has 1 aliphatic carbocycles. The first-order valence-corrected chi connectivity index (χ1v) is 11.0. The summed E-state index contributed by atoms with van der Waals surface area (Å²) in [5.41, 5.74) is -0.939. The standard InChI is InChI=1S/C26H32N2O6/c1-25(2,3)34-24(32)28-26(4,5)21(23(31)33-6)27-22(30)18-13-11-17(12-14-18)9-7-8-10-19-15-20(19)16-29/h11-14,19-21,29H,15-16H2,1-6H3,(H,27,30)(H,28,32). The molecule has 1 fully saturated rings. The van der Waals surface area contributed by atoms with Gasteiger partial charge >= 0.3 is 12.1 Å². The highest BCUT2D eigenvalue weighted by Crippen LogP contribution is 2.36. The Labute approximate surface area is 200 Å². The second-order valence-corrected chi connectivity index (χ2v) is 9.66. The minimum Gasteiger partial charge on any atom is -0.467 e. The van der Waals surface area contributed by atoms with E-state index in [2.05, 4.69) is 34.3 Å². The fraction of sp³-hybridized carbons (Fsp3) is 0.500. The molecule has 8 heteroatoms. The van der Waals surface area contributed by atoms with Gasteiger partial charge in [0.25, 0.3) is 5.91 Å². The van der Waals surface area contributed by atoms with Crippen LogP contribution in [0.25, 0.3) is 0 Å². The molecule has 0 radical (unpaired) electrons. The highest BCUT2D eigenvalue weighted by atomic mass is 16.6. The summed E-state index contributed by atoms with van der Waals surface area (Å²) in [4.78, 5) is 37.5. The molecule has 1 aromatic rings. The van der Waals surface area contributed by atoms with Gasteiger partial charge in [-0.3, -0.25) is 4.79 Å². The first-order chi connectivity index (χ1) is 15.9. The van der Waals surface area contributed by atoms with Crippen molar-refractivity contribution in [2.45, 2.75) is 58.2 Å². The van der Waals surface area contributed by atoms with E-state index in [1.165, 1.54) is 7.11 Å². The third-order valence-corrected chi connectivity index (χ3v) is 5.09. The second kappa shape index (κ2) is 11.1. The predicted octanol–water partition coefficient (Wildman–Crippen LogP) is 2.24. The fourth-order valence-electron chi connectivity index (χ4n) is 3.07. The van der Waals surface area contributed by atoms with E-state index in [1.807, 2.05) is 0 Å². The van der Waals surface area contributed by atoms with Crippen molar-refractivity contribution in [3.63, 3.8) is 0 Å². The zero-order valence-electron chi connectivity index (χ0n) is 20.4. The Morgan fingerprint density at radius 3 is 2.29 bits per heavy atom. The lowest BCUT2D eigenvalue weighted by molar-refractivity contribution is -0.144. The number of benzene rings is 1. The van der Waals surface area contributed by atoms with Crippen LogP contribution < -0.4 is 10.6 Å². The number of nitrogens with one attached hydrogen (secondary N) is 2. The van der Waals surface area contributed by atoms with Crippen LogP contribution in [0, 0.1) is 35.5 Å². The molecule has 1 aliphatic rings. The molecule has 0 spiro atoms. The zero-order valence-corrected chi connectivity index (χ0v) is 20.4. The van der Waals surface area contributed by atoms with Crippen LogP contribution in [-0.2, 0) is 14.3 Å². The molecular formula is C26H32N2O6. The Hall–Kier alpha value is -3.49. The Kier molecular flexibility index (Phi) is 8.73. The maximum atomic E-state index is 12.8. The molecule has 0 bridgehead atoms. The number of amides is 2. The SMILES string of the molecule is COC(=O)C(NC(=O)c1ccc(C#CC#CC2CC2CO)cc1)C(C)(C)NC(=O)OC(C)(C)C. The zero-order chi connectivity index (χ0) is 25.5. The molecule has 1 saturated carbocycles. The summed E-state index contributed by atoms with van der Waals surface area (Å²) in [5, 5.41) is 14.3. The molecule has 3 unspecified atom stereocenters. The third kappa shape index (κ3) is 8.13. The lowest BCUT2D eigenvalue weighted by atomic mass is 9.94. The monoisotopic (exact) mass is 468 g/mol. The van der Waals surface area contributed by atoms with Crippen LogP contribution >= 0.6 is 0 Å². The first kappa shape index (κ1) is 26.8. The lowest BCUT2D eigenvalue weighted by Gasteiger charge is -2.34. The molecule has 2 rings (SSSR count). The summed E-state index contributed by atoms with van der Waals surface area (Å²) in [5.74, 6) is 10.7. The Balaban J connectivity index is 2.06. The molecule has 0 saturated heterocycles. The van der Waals surface area contributed by atoms with Crippen molar-refractivity contribution in [2.24, 2.45) is 11.8 Å². The second-order valence-electron chi connectivity index (χ2n) is 9.66. The van der Waals surface area contributed by atoms with E-state index in [9.17, 15) is 14.4 Å². The number of alkyl carbamates (subject to hydrolysis) is 1. The van der Waals surface area contributed by atoms with Gasteiger partial charge in [-0.15, -0.1) is 0 Å². The van der Waals surface area contributed by atoms with Crippen molar-refractivity contribution >= 4 is 18.0 Å². The molecule has 2 amide bonds. The quantitative estimate of drug-likeness (QED) is 0.436. The van der Waals surface area contributed by atoms with Gasteiger partial charge in [0.2, 0.25) is 0 Å². The molecule has 0 aliphatic heterocycles. The smallest absolute Gasteiger partial charge is 0.408 e. The predicted molar refractivity (Wildman–Crippen MR) is 126 cm³/mol. The summed E-state index contributed by atoms with van der Waals surface area (Å²) in [6.45, 7) is 8.49. The van der Waals surface area contributed by atoms with Gasteiger partial charge in [0.05, 0.1) is 12.6 Å². The number of hydrogen-bond donors (Lipinski definition) is 3. The van der Waals surface area contributed by atoms with Crippen molar-refractivity contribution in [1.29, 1.82) is 0 Å². The van der Waals surface area contributed by atoms with Crippen LogP contribution in [0.15, 0.2) is 24.3 Å². The van der Waals surface area contributed by atoms with Crippen molar-refractivity contribution < 1.29 is 29.0 Å². The van der Waals surface area contributed by atoms with Crippen LogP contribution in [0.3, 0.4) is 0 Å². The lowest BCUT2D eigenvalue weighted by Crippen LogP contribution is -2.62. The third-order valence-electron chi connectivity index (χ3n) is 5.09. The van der Waals surface area contributed by atoms with Gasteiger partial charge in [-0.25, -0.2) is 9.59 Å². The normalized spacial score (nSPS) is 17.6. The number of methoxy groups -OCH3 is 1. The van der Waals surface area contributed by atoms with E-state index in [4.69, 9.17) is 14.6 Å². The summed E-state index contributed by atoms with van der Waals surface area (Å²) < 4.78 is 10.1. The first-order valence-electron chi connectivity index (χ1n) is 11.0. The van der Waals surface area contributed by atoms with E-state index in [-0.39, 0.29) is 18.4 Å². The van der Waals surface area contributed by atoms with E-state index in [0.717, 1.165) is 6.42 Å². The molecule has 0 aromatic heterocycles. The topological polar surface area (TPSA) is 114 Å². The highest BCUT2D eigenvalue weighted by Gasteiger charge is 2.40. The van der Waals surface area contributed by atoms with Crippen LogP contribution in [0.1, 0.15) is 57.0 Å². The van der Waals surface area contributed by atoms with Gasteiger partial charge < -0.3 is 25.2 Å². The van der Waals surface area contributed by atoms with Crippen LogP contribution in [0.5, 0.6) is 0 Å². The fourth-order valence-corrected chi connectivity index (χ4v) is 3.07. The number of hydrogen-bond acceptors (Lipinski definition) is 6. The Morgan fingerprint density at radius 1 is 1.12 bits per heavy atom. The molecule has 34 heavy (non-hydrogen) atoms. The van der Waals surface area contributed by atoms with E-state index >= 15 is 0 Å². The highest BCUT2D eigenvalue weighted by molar-refractivity contribution is 5.97. The minimum atomic E-state index is -1.20. The van der Waals surface area contributed by atoms with Crippen molar-refractivity contribution in [2.75, 3.05) is 13.7 Å². The van der Waals surface area contributed by atoms with Crippen molar-refractivity contribution in [3.05, 3.63) is 35.4 Å². The number of aliphatic hydroxyl groups is 1. The van der Waals surface area contributed by atoms with E-state index in [0.29, 0.717) is 11.1 Å². The largest absolute Gasteiger partial charge is 0.467 e. The van der Waals surface area contributed by atoms with Crippen LogP contribution in [-0.4, -0.2) is 54.0 Å². The van der Waals surface area contributed by atoms with Gasteiger partial charge in [0.1, 0.15) is 11.6 Å². The molecule has 8 nitrogen and oxygen atoms in total. The number of esters is 1. The number of rotatable bonds is 6. The molecule has 1 aromatic carbocycles. The molecule has 0 heterocycles. The maximum Gasteiger partial charge on any atom is 0.408 e. The maximum absolute atomic E-state index is 12.8. The Morgan fingerprint density at radius 2 is 1.76 bits per heavy atom. The number of aliphatic hydroxyl groups excluding tert-OH is 1. The van der Waals surface area contributed by atoms with Gasteiger partial charge in [0.15, 0.2) is 0 Å². The molecule has 182 valence electrons. The number of carbonyl (C=O) groups is 3. The average Bonchev–Trinajstić information content (AvgIpc) is 3.51. The summed E-state index contributed by atoms with van der Waals surface area (Å²) in [6.07, 6.45) is 0.186. The van der Waals surface area contributed by atoms with Crippen LogP contribution in [0.2, 0.25) is 0 Å². The van der Waals surface area contributed by atoms with Crippen LogP contribution in [0.4, 0.5) is 4.79 Å². The van der Waals surface area contributed by atoms with Gasteiger partial charge in [0, 0.05) is 23.7 Å². The van der Waals surface area contributed by atoms with E-state index in [1.54, 1.807) is 58.9 Å². The van der Waals surface area contributed by atoms with Crippen molar-refractivity contribution in [1.82, 2.24) is 10.6 Å². The van der Waals surface area contributed by atoms with Gasteiger partial charge in [-0.1, -0.05) is 11.8 Å². The van der Waals surface area contributed by atoms with Crippen molar-refractivity contribution in [3.8, 4) is 23.7 Å². The average molecular weight is 469 g/mol. The Bertz CT molecular complexity index is 1030. The summed E-state index contributed by atoms with van der Waals surface area (Å²) >= 11 is 0. The van der Waals surface area contributed by atoms with E-state index < -0.39 is 35.2 Å². The number of ether oxygens (including phenoxy) is 2. The number of carbonyl (C=O) groups excluding carboxylic acids is 3. The minimum absolute atomic E-state index is 0.154. The summed E-state index contributed by atoms with van der Waals surface area (Å²) in [6, 6.07) is 5.34. The molecular weight excluding hydrogens is 436 g/mol. The van der Waals surface area contributed by atoms with Gasteiger partial charge in [-0.05, 0) is 83.1 Å².